The largest absolute Gasteiger partial charge is 0.477 e. The van der Waals surface area contributed by atoms with Crippen LogP contribution in [0.15, 0.2) is 86.2 Å². The molecule has 7 heteroatoms. The summed E-state index contributed by atoms with van der Waals surface area (Å²) in [7, 11) is 0. The molecule has 28 heavy (non-hydrogen) atoms. The predicted octanol–water partition coefficient (Wildman–Crippen LogP) is 0.741. The third kappa shape index (κ3) is 2.75. The van der Waals surface area contributed by atoms with E-state index in [-0.39, 0.29) is 17.0 Å². The van der Waals surface area contributed by atoms with Crippen LogP contribution in [-0.4, -0.2) is 39.0 Å². The van der Waals surface area contributed by atoms with E-state index in [1.54, 1.807) is 12.2 Å². The van der Waals surface area contributed by atoms with Gasteiger partial charge in [-0.2, -0.15) is 0 Å². The molecule has 134 valence electrons. The lowest BCUT2D eigenvalue weighted by Gasteiger charge is -1.95. The number of aliphatic imine (C=N–C) groups is 3. The van der Waals surface area contributed by atoms with Gasteiger partial charge in [-0.15, -0.1) is 0 Å². The Morgan fingerprint density at radius 3 is 2.04 bits per heavy atom. The Morgan fingerprint density at radius 1 is 0.821 bits per heavy atom. The molecule has 4 aliphatic heterocycles. The number of carbonyl (C=O) groups is 2. The number of H-pyrrole nitrogens is 1. The van der Waals surface area contributed by atoms with Gasteiger partial charge in [0, 0.05) is 10.7 Å². The first-order valence-electron chi connectivity index (χ1n) is 8.51. The third-order valence-corrected chi connectivity index (χ3v) is 4.44. The highest BCUT2D eigenvalue weighted by atomic mass is 16.4. The second-order valence-corrected chi connectivity index (χ2v) is 6.43. The van der Waals surface area contributed by atoms with Crippen LogP contribution >= 0.6 is 0 Å². The van der Waals surface area contributed by atoms with Crippen LogP contribution in [0.5, 0.6) is 0 Å². The number of aliphatic carboxylic acids is 1. The molecule has 7 nitrogen and oxygen atoms in total. The predicted molar refractivity (Wildman–Crippen MR) is 105 cm³/mol. The highest BCUT2D eigenvalue weighted by molar-refractivity contribution is 6.56. The molecule has 0 spiro atoms. The van der Waals surface area contributed by atoms with Crippen LogP contribution in [-0.2, 0) is 9.59 Å². The number of carboxylic acids is 1. The second-order valence-electron chi connectivity index (χ2n) is 6.43. The molecule has 1 aromatic heterocycles. The fourth-order valence-corrected chi connectivity index (χ4v) is 3.20. The van der Waals surface area contributed by atoms with E-state index < -0.39 is 11.8 Å². The first-order chi connectivity index (χ1) is 13.5. The zero-order valence-electron chi connectivity index (χ0n) is 14.4. The van der Waals surface area contributed by atoms with E-state index in [0.29, 0.717) is 22.8 Å². The number of nitrogens with one attached hydrogen (secondary N) is 1. The SMILES string of the molecule is O=C(O)C1=C2C=C3C=CC(=N3)C=c3ccc([nH]3)=CC3=NC(=CC(=N2)C1=O)C=C3. The summed E-state index contributed by atoms with van der Waals surface area (Å²) in [6.07, 6.45) is 13.9. The zero-order chi connectivity index (χ0) is 19.3. The fourth-order valence-electron chi connectivity index (χ4n) is 3.20. The molecule has 5 heterocycles. The topological polar surface area (TPSA) is 107 Å². The van der Waals surface area contributed by atoms with E-state index in [9.17, 15) is 14.7 Å². The lowest BCUT2D eigenvalue weighted by molar-refractivity contribution is -0.133. The molecule has 5 rings (SSSR count). The first-order valence-corrected chi connectivity index (χ1v) is 8.51. The summed E-state index contributed by atoms with van der Waals surface area (Å²) in [6.45, 7) is 0. The maximum atomic E-state index is 12.6. The normalized spacial score (nSPS) is 19.6. The Labute approximate surface area is 158 Å². The molecular formula is C21H12N4O3. The van der Waals surface area contributed by atoms with Gasteiger partial charge in [-0.25, -0.2) is 19.8 Å². The van der Waals surface area contributed by atoms with Crippen LogP contribution < -0.4 is 10.7 Å². The number of hydrogen-bond acceptors (Lipinski definition) is 5. The van der Waals surface area contributed by atoms with E-state index in [0.717, 1.165) is 10.7 Å². The average molecular weight is 368 g/mol. The summed E-state index contributed by atoms with van der Waals surface area (Å²) < 4.78 is 0. The summed E-state index contributed by atoms with van der Waals surface area (Å²) in [5.41, 5.74) is 2.24. The standard InChI is InChI=1S/C21H12N4O3/c26-20-18-10-16-6-4-14(24-16)8-12-2-1-11(22-12)7-13-3-5-15(23-13)9-17(25-18)19(20)21(27)28/h1-10,22H,(H,27,28). The first kappa shape index (κ1) is 16.1. The van der Waals surface area contributed by atoms with Crippen LogP contribution in [0.25, 0.3) is 12.2 Å². The molecule has 8 bridgehead atoms. The molecule has 2 N–H and O–H groups in total. The second kappa shape index (κ2) is 5.95. The zero-order valence-corrected chi connectivity index (χ0v) is 14.4. The smallest absolute Gasteiger partial charge is 0.342 e. The Balaban J connectivity index is 1.74. The van der Waals surface area contributed by atoms with Gasteiger partial charge in [0.15, 0.2) is 0 Å². The molecule has 0 radical (unpaired) electrons. The van der Waals surface area contributed by atoms with E-state index in [2.05, 4.69) is 20.0 Å². The van der Waals surface area contributed by atoms with Gasteiger partial charge >= 0.3 is 5.97 Å². The Bertz CT molecular complexity index is 1340. The number of carbonyl (C=O) groups excluding carboxylic acids is 1. The maximum absolute atomic E-state index is 12.6. The maximum Gasteiger partial charge on any atom is 0.342 e. The summed E-state index contributed by atoms with van der Waals surface area (Å²) >= 11 is 0. The van der Waals surface area contributed by atoms with Crippen molar-refractivity contribution in [1.29, 1.82) is 0 Å². The number of fused-ring (bicyclic) bond motifs is 5. The molecule has 0 saturated carbocycles. The number of Topliss-reactive ketones (excluding diaryl/α,β-unsaturated/α-hetero) is 1. The van der Waals surface area contributed by atoms with Crippen LogP contribution in [0.2, 0.25) is 0 Å². The van der Waals surface area contributed by atoms with Crippen molar-refractivity contribution in [3.63, 3.8) is 0 Å². The van der Waals surface area contributed by atoms with Crippen LogP contribution in [0, 0.1) is 0 Å². The molecule has 0 fully saturated rings. The minimum atomic E-state index is -1.32. The minimum Gasteiger partial charge on any atom is -0.477 e. The van der Waals surface area contributed by atoms with E-state index in [1.807, 2.05) is 36.4 Å². The van der Waals surface area contributed by atoms with Gasteiger partial charge in [0.05, 0.1) is 28.5 Å². The lowest BCUT2D eigenvalue weighted by Crippen LogP contribution is -2.16. The number of ketones is 1. The van der Waals surface area contributed by atoms with Gasteiger partial charge in [-0.3, -0.25) is 4.79 Å². The van der Waals surface area contributed by atoms with Crippen LogP contribution in [0.4, 0.5) is 0 Å². The van der Waals surface area contributed by atoms with Crippen molar-refractivity contribution in [1.82, 2.24) is 4.98 Å². The minimum absolute atomic E-state index is 0.0425. The van der Waals surface area contributed by atoms with E-state index in [4.69, 9.17) is 0 Å². The van der Waals surface area contributed by atoms with E-state index >= 15 is 0 Å². The highest BCUT2D eigenvalue weighted by Gasteiger charge is 2.31. The Kier molecular flexibility index (Phi) is 3.42. The number of aromatic nitrogens is 1. The number of aromatic amines is 1. The van der Waals surface area contributed by atoms with Gasteiger partial charge in [0.25, 0.3) is 0 Å². The van der Waals surface area contributed by atoms with Gasteiger partial charge in [0.2, 0.25) is 5.78 Å². The van der Waals surface area contributed by atoms with Crippen molar-refractivity contribution < 1.29 is 14.7 Å². The molecule has 1 aromatic rings. The number of rotatable bonds is 1. The molecular weight excluding hydrogens is 356 g/mol. The molecule has 4 aliphatic rings. The van der Waals surface area contributed by atoms with Crippen molar-refractivity contribution in [2.24, 2.45) is 15.0 Å². The number of hydrogen-bond donors (Lipinski definition) is 2. The van der Waals surface area contributed by atoms with Crippen molar-refractivity contribution in [2.45, 2.75) is 0 Å². The monoisotopic (exact) mass is 368 g/mol. The van der Waals surface area contributed by atoms with Crippen molar-refractivity contribution >= 4 is 41.0 Å². The molecule has 0 saturated heterocycles. The molecule has 0 atom stereocenters. The van der Waals surface area contributed by atoms with Crippen LogP contribution in [0.3, 0.4) is 0 Å². The summed E-state index contributed by atoms with van der Waals surface area (Å²) in [5.74, 6) is -1.95. The molecule has 0 amide bonds. The van der Waals surface area contributed by atoms with Gasteiger partial charge in [-0.1, -0.05) is 0 Å². The number of nitrogens with zero attached hydrogens (tertiary/aromatic N) is 3. The van der Waals surface area contributed by atoms with Crippen molar-refractivity contribution in [3.05, 3.63) is 82.0 Å². The lowest BCUT2D eigenvalue weighted by atomic mass is 10.1. The van der Waals surface area contributed by atoms with Gasteiger partial charge in [-0.05, 0) is 60.7 Å². The summed E-state index contributed by atoms with van der Waals surface area (Å²) in [4.78, 5) is 40.6. The van der Waals surface area contributed by atoms with E-state index in [1.165, 1.54) is 12.2 Å². The van der Waals surface area contributed by atoms with Gasteiger partial charge < -0.3 is 10.1 Å². The highest BCUT2D eigenvalue weighted by Crippen LogP contribution is 2.24. The van der Waals surface area contributed by atoms with Gasteiger partial charge in [0.1, 0.15) is 11.3 Å². The van der Waals surface area contributed by atoms with Crippen molar-refractivity contribution in [2.75, 3.05) is 0 Å². The Morgan fingerprint density at radius 2 is 1.43 bits per heavy atom. The summed E-state index contributed by atoms with van der Waals surface area (Å²) in [5, 5.41) is 11.2. The van der Waals surface area contributed by atoms with Crippen molar-refractivity contribution in [3.8, 4) is 0 Å². The molecule has 0 aliphatic carbocycles. The average Bonchev–Trinajstić information content (AvgIpc) is 3.40. The Hall–Kier alpha value is -4.13. The molecule has 0 aromatic carbocycles. The van der Waals surface area contributed by atoms with Crippen LogP contribution in [0.1, 0.15) is 0 Å². The number of carboxylic acid groups (broad SMARTS) is 1. The number of allylic oxidation sites excluding steroid dienone is 6. The fraction of sp³-hybridized carbons (Fsp3) is 0. The third-order valence-electron chi connectivity index (χ3n) is 4.44. The summed E-state index contributed by atoms with van der Waals surface area (Å²) in [6, 6.07) is 3.88. The molecule has 0 unspecified atom stereocenters. The quantitative estimate of drug-likeness (QED) is 0.714.